The molecule has 1 saturated heterocycles. The maximum atomic E-state index is 13.7. The van der Waals surface area contributed by atoms with E-state index in [1.54, 1.807) is 20.4 Å². The van der Waals surface area contributed by atoms with Crippen molar-refractivity contribution in [2.75, 3.05) is 45.3 Å². The average Bonchev–Trinajstić information content (AvgIpc) is 3.55. The third-order valence-corrected chi connectivity index (χ3v) is 7.05. The predicted octanol–water partition coefficient (Wildman–Crippen LogP) is 3.49. The molecule has 184 valence electrons. The quantitative estimate of drug-likeness (QED) is 0.511. The fourth-order valence-electron chi connectivity index (χ4n) is 5.24. The summed E-state index contributed by atoms with van der Waals surface area (Å²) in [6, 6.07) is 12.1. The van der Waals surface area contributed by atoms with Gasteiger partial charge in [0.25, 0.3) is 5.91 Å². The van der Waals surface area contributed by atoms with E-state index in [0.717, 1.165) is 62.3 Å². The first-order valence-corrected chi connectivity index (χ1v) is 12.3. The van der Waals surface area contributed by atoms with Crippen molar-refractivity contribution in [2.45, 2.75) is 32.0 Å². The molecule has 2 aromatic carbocycles. The number of ether oxygens (including phenoxy) is 2. The first-order valence-electron chi connectivity index (χ1n) is 12.3. The minimum Gasteiger partial charge on any atom is -0.493 e. The van der Waals surface area contributed by atoms with Crippen molar-refractivity contribution < 1.29 is 14.3 Å². The smallest absolute Gasteiger partial charge is 0.255 e. The lowest BCUT2D eigenvalue weighted by atomic mass is 9.99. The first kappa shape index (κ1) is 23.2. The molecular formula is C27H33N5O3. The largest absolute Gasteiger partial charge is 0.493 e. The van der Waals surface area contributed by atoms with Gasteiger partial charge in [-0.05, 0) is 42.7 Å². The summed E-state index contributed by atoms with van der Waals surface area (Å²) < 4.78 is 13.1. The van der Waals surface area contributed by atoms with Crippen LogP contribution in [0.2, 0.25) is 0 Å². The van der Waals surface area contributed by atoms with Crippen LogP contribution in [0.5, 0.6) is 11.5 Å². The van der Waals surface area contributed by atoms with E-state index in [2.05, 4.69) is 31.9 Å². The molecule has 2 aliphatic rings. The van der Waals surface area contributed by atoms with Crippen LogP contribution in [0, 0.1) is 0 Å². The van der Waals surface area contributed by atoms with Gasteiger partial charge < -0.3 is 29.2 Å². The van der Waals surface area contributed by atoms with E-state index in [1.165, 1.54) is 5.69 Å². The molecule has 1 atom stereocenters. The summed E-state index contributed by atoms with van der Waals surface area (Å²) in [7, 11) is 3.28. The fraction of sp³-hybridized carbons (Fsp3) is 0.407. The van der Waals surface area contributed by atoms with Gasteiger partial charge in [0.1, 0.15) is 0 Å². The summed E-state index contributed by atoms with van der Waals surface area (Å²) in [4.78, 5) is 22.3. The van der Waals surface area contributed by atoms with Gasteiger partial charge in [-0.2, -0.15) is 0 Å². The zero-order valence-corrected chi connectivity index (χ0v) is 20.4. The molecule has 1 amide bonds. The van der Waals surface area contributed by atoms with Gasteiger partial charge in [0.15, 0.2) is 11.5 Å². The molecule has 8 nitrogen and oxygen atoms in total. The number of carbonyl (C=O) groups excluding carboxylic acids is 1. The number of carbonyl (C=O) groups is 1. The van der Waals surface area contributed by atoms with Crippen LogP contribution in [0.3, 0.4) is 0 Å². The molecule has 0 saturated carbocycles. The van der Waals surface area contributed by atoms with E-state index >= 15 is 0 Å². The van der Waals surface area contributed by atoms with Gasteiger partial charge in [-0.25, -0.2) is 4.98 Å². The molecule has 1 fully saturated rings. The second kappa shape index (κ2) is 10.4. The predicted molar refractivity (Wildman–Crippen MR) is 135 cm³/mol. The molecule has 0 spiro atoms. The van der Waals surface area contributed by atoms with Gasteiger partial charge in [0, 0.05) is 68.5 Å². The van der Waals surface area contributed by atoms with Gasteiger partial charge in [-0.1, -0.05) is 12.1 Å². The van der Waals surface area contributed by atoms with Crippen LogP contribution < -0.4 is 19.7 Å². The Balaban J connectivity index is 1.45. The molecule has 1 aromatic heterocycles. The summed E-state index contributed by atoms with van der Waals surface area (Å²) >= 11 is 0. The summed E-state index contributed by atoms with van der Waals surface area (Å²) in [6.07, 6.45) is 7.35. The maximum absolute atomic E-state index is 13.7. The summed E-state index contributed by atoms with van der Waals surface area (Å²) in [6.45, 7) is 5.29. The summed E-state index contributed by atoms with van der Waals surface area (Å²) in [5, 5.41) is 3.42. The van der Waals surface area contributed by atoms with Crippen molar-refractivity contribution in [1.82, 2.24) is 19.8 Å². The highest BCUT2D eigenvalue weighted by atomic mass is 16.5. The van der Waals surface area contributed by atoms with E-state index in [1.807, 2.05) is 41.7 Å². The Morgan fingerprint density at radius 2 is 1.91 bits per heavy atom. The Kier molecular flexibility index (Phi) is 6.90. The number of anilines is 1. The number of methoxy groups -OCH3 is 2. The highest BCUT2D eigenvalue weighted by Gasteiger charge is 2.36. The minimum atomic E-state index is -0.0749. The Bertz CT molecular complexity index is 1160. The van der Waals surface area contributed by atoms with E-state index in [9.17, 15) is 4.79 Å². The normalized spacial score (nSPS) is 16.3. The van der Waals surface area contributed by atoms with E-state index in [0.29, 0.717) is 18.0 Å². The lowest BCUT2D eigenvalue weighted by Crippen LogP contribution is -2.43. The average molecular weight is 476 g/mol. The summed E-state index contributed by atoms with van der Waals surface area (Å²) in [5.41, 5.74) is 4.20. The molecule has 2 aliphatic heterocycles. The number of nitrogens with zero attached hydrogens (tertiary/aromatic N) is 4. The lowest BCUT2D eigenvalue weighted by Gasteiger charge is -2.32. The van der Waals surface area contributed by atoms with Crippen molar-refractivity contribution >= 4 is 11.6 Å². The molecule has 5 rings (SSSR count). The van der Waals surface area contributed by atoms with Crippen LogP contribution >= 0.6 is 0 Å². The van der Waals surface area contributed by atoms with Gasteiger partial charge in [0.2, 0.25) is 0 Å². The third kappa shape index (κ3) is 4.71. The molecule has 1 N–H and O–H groups in total. The van der Waals surface area contributed by atoms with Crippen LogP contribution in [-0.2, 0) is 13.1 Å². The fourth-order valence-corrected chi connectivity index (χ4v) is 5.24. The Hall–Kier alpha value is -3.52. The van der Waals surface area contributed by atoms with Crippen molar-refractivity contribution in [2.24, 2.45) is 0 Å². The molecule has 8 heteroatoms. The number of aryl methyl sites for hydroxylation is 1. The molecule has 0 radical (unpaired) electrons. The highest BCUT2D eigenvalue weighted by Crippen LogP contribution is 2.40. The van der Waals surface area contributed by atoms with E-state index in [4.69, 9.17) is 9.47 Å². The van der Waals surface area contributed by atoms with Crippen LogP contribution in [-0.4, -0.2) is 60.8 Å². The van der Waals surface area contributed by atoms with Crippen molar-refractivity contribution in [1.29, 1.82) is 0 Å². The number of benzene rings is 2. The lowest BCUT2D eigenvalue weighted by molar-refractivity contribution is 0.0688. The van der Waals surface area contributed by atoms with Crippen molar-refractivity contribution in [3.05, 3.63) is 71.8 Å². The number of imidazole rings is 1. The first-order chi connectivity index (χ1) is 17.2. The van der Waals surface area contributed by atoms with Crippen LogP contribution in [0.25, 0.3) is 0 Å². The molecule has 35 heavy (non-hydrogen) atoms. The van der Waals surface area contributed by atoms with E-state index in [-0.39, 0.29) is 11.9 Å². The number of aromatic nitrogens is 2. The van der Waals surface area contributed by atoms with Gasteiger partial charge in [-0.15, -0.1) is 0 Å². The second-order valence-electron chi connectivity index (χ2n) is 9.05. The number of piperazine rings is 1. The number of hydrogen-bond donors (Lipinski definition) is 1. The minimum absolute atomic E-state index is 0.0749. The monoisotopic (exact) mass is 475 g/mol. The second-order valence-corrected chi connectivity index (χ2v) is 9.05. The Morgan fingerprint density at radius 1 is 1.09 bits per heavy atom. The van der Waals surface area contributed by atoms with Crippen LogP contribution in [0.1, 0.15) is 40.4 Å². The molecule has 0 aliphatic carbocycles. The van der Waals surface area contributed by atoms with Crippen LogP contribution in [0.15, 0.2) is 55.1 Å². The number of hydrogen-bond acceptors (Lipinski definition) is 6. The number of amides is 1. The van der Waals surface area contributed by atoms with Crippen molar-refractivity contribution in [3.8, 4) is 11.5 Å². The topological polar surface area (TPSA) is 71.9 Å². The Labute approximate surface area is 206 Å². The SMILES string of the molecule is COc1ccc([C@@H](CCCn2ccnc2)N2Cc3c(cccc3N3CCNCC3)C2=O)cc1OC. The maximum Gasteiger partial charge on any atom is 0.255 e. The molecule has 3 heterocycles. The number of nitrogens with one attached hydrogen (secondary N) is 1. The molecule has 0 unspecified atom stereocenters. The van der Waals surface area contributed by atoms with E-state index < -0.39 is 0 Å². The highest BCUT2D eigenvalue weighted by molar-refractivity contribution is 6.00. The molecular weight excluding hydrogens is 442 g/mol. The Morgan fingerprint density at radius 3 is 2.66 bits per heavy atom. The van der Waals surface area contributed by atoms with Gasteiger partial charge in [-0.3, -0.25) is 4.79 Å². The zero-order chi connectivity index (χ0) is 24.2. The number of fused-ring (bicyclic) bond motifs is 1. The molecule has 3 aromatic rings. The molecule has 0 bridgehead atoms. The van der Waals surface area contributed by atoms with Gasteiger partial charge in [0.05, 0.1) is 26.6 Å². The third-order valence-electron chi connectivity index (χ3n) is 7.05. The summed E-state index contributed by atoms with van der Waals surface area (Å²) in [5.74, 6) is 1.46. The van der Waals surface area contributed by atoms with Crippen LogP contribution in [0.4, 0.5) is 5.69 Å². The van der Waals surface area contributed by atoms with Crippen molar-refractivity contribution in [3.63, 3.8) is 0 Å². The standard InChI is InChI=1S/C27H33N5O3/c1-34-25-9-8-20(17-26(25)35-2)23(7-4-13-30-14-10-29-19-30)32-18-22-21(27(32)33)5-3-6-24(22)31-15-11-28-12-16-31/h3,5-6,8-10,14,17,19,23,28H,4,7,11-13,15-16,18H2,1-2H3/t23-/m1/s1. The number of rotatable bonds is 9. The van der Waals surface area contributed by atoms with Gasteiger partial charge >= 0.3 is 0 Å². The zero-order valence-electron chi connectivity index (χ0n) is 20.4.